The van der Waals surface area contributed by atoms with Crippen LogP contribution >= 0.6 is 34.5 Å². The number of hydrogen-bond acceptors (Lipinski definition) is 5. The average Bonchev–Trinajstić information content (AvgIpc) is 3.48. The van der Waals surface area contributed by atoms with E-state index in [1.54, 1.807) is 10.6 Å². The fraction of sp³-hybridized carbons (Fsp3) is 0.171. The summed E-state index contributed by atoms with van der Waals surface area (Å²) in [5.41, 5.74) is 5.84. The lowest BCUT2D eigenvalue weighted by Gasteiger charge is -2.25. The lowest BCUT2D eigenvalue weighted by Crippen LogP contribution is -2.40. The minimum atomic E-state index is -0.688. The molecule has 0 spiro atoms. The van der Waals surface area contributed by atoms with Crippen LogP contribution in [0.4, 0.5) is 5.69 Å². The van der Waals surface area contributed by atoms with Crippen molar-refractivity contribution in [3.63, 3.8) is 0 Å². The van der Waals surface area contributed by atoms with Crippen LogP contribution in [0.3, 0.4) is 0 Å². The molecule has 228 valence electrons. The van der Waals surface area contributed by atoms with Crippen molar-refractivity contribution in [3.8, 4) is 11.4 Å². The van der Waals surface area contributed by atoms with Gasteiger partial charge in [0.1, 0.15) is 5.75 Å². The molecule has 1 N–H and O–H groups in total. The summed E-state index contributed by atoms with van der Waals surface area (Å²) in [7, 11) is 0. The smallest absolute Gasteiger partial charge is 0.271 e. The van der Waals surface area contributed by atoms with E-state index in [0.717, 1.165) is 28.2 Å². The lowest BCUT2D eigenvalue weighted by molar-refractivity contribution is -0.113. The van der Waals surface area contributed by atoms with Gasteiger partial charge in [0.2, 0.25) is 0 Å². The number of amides is 1. The molecule has 3 heterocycles. The SMILES string of the molecule is CCOc1ccc([C@H]2C(C(=O)Nc3ccccc3)=C(C)N=c3s/c(=C\c4cc(C)n(-c5ccc(Cl)c(Cl)c5)c4C)c(=O)n32)cc1. The Hall–Kier alpha value is -4.37. The van der Waals surface area contributed by atoms with Crippen LogP contribution in [-0.4, -0.2) is 21.6 Å². The number of hydrogen-bond donors (Lipinski definition) is 1. The fourth-order valence-electron chi connectivity index (χ4n) is 5.66. The average molecular weight is 658 g/mol. The molecule has 10 heteroatoms. The maximum atomic E-state index is 14.2. The second kappa shape index (κ2) is 12.6. The van der Waals surface area contributed by atoms with Crippen LogP contribution in [0.1, 0.15) is 42.4 Å². The molecule has 3 aromatic carbocycles. The van der Waals surface area contributed by atoms with Gasteiger partial charge >= 0.3 is 0 Å². The molecule has 0 fully saturated rings. The molecule has 6 rings (SSSR count). The number of halogens is 2. The highest BCUT2D eigenvalue weighted by atomic mass is 35.5. The van der Waals surface area contributed by atoms with Gasteiger partial charge in [0.25, 0.3) is 11.5 Å². The number of benzene rings is 3. The molecule has 0 saturated carbocycles. The quantitative estimate of drug-likeness (QED) is 0.205. The predicted octanol–water partition coefficient (Wildman–Crippen LogP) is 6.99. The second-order valence-electron chi connectivity index (χ2n) is 10.7. The number of aryl methyl sites for hydroxylation is 1. The van der Waals surface area contributed by atoms with Crippen LogP contribution in [0.2, 0.25) is 10.0 Å². The van der Waals surface area contributed by atoms with Crippen molar-refractivity contribution in [2.45, 2.75) is 33.7 Å². The van der Waals surface area contributed by atoms with E-state index in [9.17, 15) is 9.59 Å². The van der Waals surface area contributed by atoms with Crippen molar-refractivity contribution in [1.82, 2.24) is 9.13 Å². The number of ether oxygens (including phenoxy) is 1. The van der Waals surface area contributed by atoms with E-state index in [4.69, 9.17) is 32.9 Å². The number of allylic oxidation sites excluding steroid dienone is 1. The van der Waals surface area contributed by atoms with E-state index < -0.39 is 6.04 Å². The molecular formula is C35H30Cl2N4O3S. The van der Waals surface area contributed by atoms with Gasteiger partial charge in [-0.1, -0.05) is 64.9 Å². The molecular weight excluding hydrogens is 627 g/mol. The van der Waals surface area contributed by atoms with Gasteiger partial charge in [-0.15, -0.1) is 0 Å². The molecule has 45 heavy (non-hydrogen) atoms. The summed E-state index contributed by atoms with van der Waals surface area (Å²) in [6.45, 7) is 8.26. The molecule has 0 aliphatic carbocycles. The molecule has 0 unspecified atom stereocenters. The Labute approximate surface area is 274 Å². The summed E-state index contributed by atoms with van der Waals surface area (Å²) in [5, 5.41) is 3.94. The van der Waals surface area contributed by atoms with Crippen molar-refractivity contribution in [1.29, 1.82) is 0 Å². The third-order valence-electron chi connectivity index (χ3n) is 7.72. The van der Waals surface area contributed by atoms with Crippen LogP contribution in [0.25, 0.3) is 11.8 Å². The number of nitrogens with zero attached hydrogens (tertiary/aromatic N) is 3. The largest absolute Gasteiger partial charge is 0.494 e. The first-order valence-electron chi connectivity index (χ1n) is 14.4. The number of para-hydroxylation sites is 1. The summed E-state index contributed by atoms with van der Waals surface area (Å²) < 4.78 is 9.86. The Morgan fingerprint density at radius 2 is 1.73 bits per heavy atom. The Balaban J connectivity index is 1.48. The third kappa shape index (κ3) is 5.89. The van der Waals surface area contributed by atoms with Crippen molar-refractivity contribution < 1.29 is 9.53 Å². The van der Waals surface area contributed by atoms with Gasteiger partial charge in [0.05, 0.1) is 38.5 Å². The van der Waals surface area contributed by atoms with Crippen molar-refractivity contribution >= 4 is 52.2 Å². The fourth-order valence-corrected chi connectivity index (χ4v) is 6.99. The van der Waals surface area contributed by atoms with E-state index in [1.165, 1.54) is 11.3 Å². The Morgan fingerprint density at radius 1 is 1.00 bits per heavy atom. The molecule has 1 aliphatic heterocycles. The molecule has 1 amide bonds. The highest BCUT2D eigenvalue weighted by molar-refractivity contribution is 7.07. The lowest BCUT2D eigenvalue weighted by atomic mass is 9.95. The number of aromatic nitrogens is 2. The summed E-state index contributed by atoms with van der Waals surface area (Å²) in [6, 6.07) is 23.6. The molecule has 0 saturated heterocycles. The normalized spacial score (nSPS) is 14.7. The van der Waals surface area contributed by atoms with Gasteiger partial charge in [-0.2, -0.15) is 0 Å². The maximum Gasteiger partial charge on any atom is 0.271 e. The van der Waals surface area contributed by atoms with Crippen molar-refractivity contribution in [2.75, 3.05) is 11.9 Å². The predicted molar refractivity (Wildman–Crippen MR) is 182 cm³/mol. The zero-order chi connectivity index (χ0) is 31.8. The van der Waals surface area contributed by atoms with E-state index in [1.807, 2.05) is 107 Å². The number of thiazole rings is 1. The maximum absolute atomic E-state index is 14.2. The highest BCUT2D eigenvalue weighted by Gasteiger charge is 2.32. The number of carbonyl (C=O) groups excluding carboxylic acids is 1. The summed E-state index contributed by atoms with van der Waals surface area (Å²) in [4.78, 5) is 33.3. The topological polar surface area (TPSA) is 77.6 Å². The molecule has 0 bridgehead atoms. The number of fused-ring (bicyclic) bond motifs is 1. The van der Waals surface area contributed by atoms with E-state index in [2.05, 4.69) is 9.88 Å². The summed E-state index contributed by atoms with van der Waals surface area (Å²) in [5.74, 6) is 0.391. The molecule has 1 aliphatic rings. The number of rotatable bonds is 7. The summed E-state index contributed by atoms with van der Waals surface area (Å²) >= 11 is 13.8. The highest BCUT2D eigenvalue weighted by Crippen LogP contribution is 2.32. The molecule has 1 atom stereocenters. The Kier molecular flexibility index (Phi) is 8.55. The van der Waals surface area contributed by atoms with Gasteiger partial charge in [-0.05, 0) is 93.4 Å². The zero-order valence-corrected chi connectivity index (χ0v) is 27.4. The second-order valence-corrected chi connectivity index (χ2v) is 12.5. The van der Waals surface area contributed by atoms with Gasteiger partial charge in [-0.3, -0.25) is 14.2 Å². The molecule has 2 aromatic heterocycles. The summed E-state index contributed by atoms with van der Waals surface area (Å²) in [6.07, 6.45) is 1.89. The van der Waals surface area contributed by atoms with Gasteiger partial charge < -0.3 is 14.6 Å². The number of carbonyl (C=O) groups is 1. The van der Waals surface area contributed by atoms with Crippen molar-refractivity contribution in [2.24, 2.45) is 4.99 Å². The van der Waals surface area contributed by atoms with Crippen LogP contribution in [0.5, 0.6) is 5.75 Å². The van der Waals surface area contributed by atoms with E-state index >= 15 is 0 Å². The van der Waals surface area contributed by atoms with Crippen LogP contribution in [0.15, 0.2) is 99.9 Å². The first kappa shape index (κ1) is 30.6. The molecule has 5 aromatic rings. The van der Waals surface area contributed by atoms with Gasteiger partial charge in [-0.25, -0.2) is 4.99 Å². The number of nitrogens with one attached hydrogen (secondary N) is 1. The standard InChI is InChI=1S/C35H30Cl2N4O3S/c1-5-44-27-14-11-23(12-15-27)32-31(33(42)39-25-9-7-6-8-10-25)21(3)38-35-41(32)34(43)30(45-35)18-24-17-20(2)40(22(24)4)26-13-16-28(36)29(37)19-26/h6-19,32H,5H2,1-4H3,(H,39,42)/b30-18-/t32-/m0/s1. The van der Waals surface area contributed by atoms with Crippen molar-refractivity contribution in [3.05, 3.63) is 142 Å². The van der Waals surface area contributed by atoms with Crippen LogP contribution < -0.4 is 24.9 Å². The van der Waals surface area contributed by atoms with Crippen LogP contribution in [-0.2, 0) is 4.79 Å². The Morgan fingerprint density at radius 3 is 2.42 bits per heavy atom. The minimum Gasteiger partial charge on any atom is -0.494 e. The third-order valence-corrected chi connectivity index (χ3v) is 9.45. The van der Waals surface area contributed by atoms with E-state index in [-0.39, 0.29) is 11.5 Å². The Bertz CT molecular complexity index is 2150. The molecule has 7 nitrogen and oxygen atoms in total. The monoisotopic (exact) mass is 656 g/mol. The zero-order valence-electron chi connectivity index (χ0n) is 25.1. The molecule has 0 radical (unpaired) electrons. The van der Waals surface area contributed by atoms with E-state index in [0.29, 0.717) is 48.7 Å². The van der Waals surface area contributed by atoms with Gasteiger partial charge in [0.15, 0.2) is 4.80 Å². The van der Waals surface area contributed by atoms with Crippen LogP contribution in [0, 0.1) is 13.8 Å². The first-order chi connectivity index (χ1) is 21.7. The number of anilines is 1. The minimum absolute atomic E-state index is 0.227. The van der Waals surface area contributed by atoms with Gasteiger partial charge in [0, 0.05) is 22.8 Å². The first-order valence-corrected chi connectivity index (χ1v) is 16.0.